The quantitative estimate of drug-likeness (QED) is 0.0547. The summed E-state index contributed by atoms with van der Waals surface area (Å²) in [5.41, 5.74) is 0. The molecule has 19 heteroatoms. The lowest BCUT2D eigenvalue weighted by Crippen LogP contribution is -2.70. The summed E-state index contributed by atoms with van der Waals surface area (Å²) in [7, 11) is 2.78. The number of ether oxygens (including phenoxy) is 7. The number of alkyl carbamates (subject to hydrolysis) is 1. The highest BCUT2D eigenvalue weighted by Gasteiger charge is 2.53. The first-order valence-electron chi connectivity index (χ1n) is 15.8. The number of aliphatic hydroxyl groups is 6. The summed E-state index contributed by atoms with van der Waals surface area (Å²) in [5.74, 6) is -6.45. The van der Waals surface area contributed by atoms with E-state index in [2.05, 4.69) is 63.3 Å². The largest absolute Gasteiger partial charge is 0.544 e. The maximum absolute atomic E-state index is 12.6. The van der Waals surface area contributed by atoms with Crippen molar-refractivity contribution in [3.05, 3.63) is 52.6 Å². The van der Waals surface area contributed by atoms with Crippen LogP contribution >= 0.6 is 0 Å². The monoisotopic (exact) mass is 755 g/mol. The molecular weight excluding hydrogens is 696 g/mol. The highest BCUT2D eigenvalue weighted by atomic mass is 16.7. The molecule has 0 aromatic rings. The molecular formula is C33H59N2O17-. The SMILES string of the molecule is C=C.C=C.C=C.C=C.COCCOCCOC(=O)NCC(=O)NC1C(O)CC(OCC2OC(OC)C(C)C(O)C2O)(C(=O)[O-])OC1[C@H](O)[C@H](O)CO. The number of carbonyl (C=O) groups is 3. The number of amides is 2. The fraction of sp³-hybridized carbons (Fsp3) is 0.667. The molecule has 0 saturated carbocycles. The molecule has 0 bridgehead atoms. The fourth-order valence-corrected chi connectivity index (χ4v) is 4.60. The molecule has 0 aromatic heterocycles. The Morgan fingerprint density at radius 2 is 1.52 bits per heavy atom. The number of aliphatic hydroxyl groups excluding tert-OH is 6. The van der Waals surface area contributed by atoms with Crippen molar-refractivity contribution in [1.82, 2.24) is 10.6 Å². The number of nitrogens with one attached hydrogen (secondary N) is 2. The van der Waals surface area contributed by atoms with E-state index in [1.54, 1.807) is 6.92 Å². The van der Waals surface area contributed by atoms with Gasteiger partial charge in [-0.1, -0.05) is 6.92 Å². The van der Waals surface area contributed by atoms with E-state index in [1.165, 1.54) is 14.2 Å². The van der Waals surface area contributed by atoms with E-state index in [0.29, 0.717) is 6.61 Å². The number of methoxy groups -OCH3 is 2. The second-order valence-corrected chi connectivity index (χ2v) is 10.3. The van der Waals surface area contributed by atoms with E-state index in [9.17, 15) is 50.1 Å². The van der Waals surface area contributed by atoms with Crippen LogP contribution in [-0.4, -0.2) is 170 Å². The van der Waals surface area contributed by atoms with Gasteiger partial charge in [-0.05, 0) is 0 Å². The minimum absolute atomic E-state index is 0.0715. The number of hydrogen-bond acceptors (Lipinski definition) is 17. The summed E-state index contributed by atoms with van der Waals surface area (Å²) in [6, 6.07) is -1.60. The molecule has 304 valence electrons. The van der Waals surface area contributed by atoms with Crippen molar-refractivity contribution in [3.63, 3.8) is 0 Å². The smallest absolute Gasteiger partial charge is 0.407 e. The first-order chi connectivity index (χ1) is 24.8. The lowest BCUT2D eigenvalue weighted by Gasteiger charge is -2.49. The van der Waals surface area contributed by atoms with Gasteiger partial charge in [-0.2, -0.15) is 0 Å². The van der Waals surface area contributed by atoms with Gasteiger partial charge in [0.1, 0.15) is 49.6 Å². The van der Waals surface area contributed by atoms with Crippen molar-refractivity contribution < 1.29 is 83.3 Å². The second-order valence-electron chi connectivity index (χ2n) is 10.3. The maximum Gasteiger partial charge on any atom is 0.407 e. The number of aliphatic carboxylic acids is 1. The molecule has 2 aliphatic heterocycles. The first-order valence-corrected chi connectivity index (χ1v) is 15.8. The molecule has 0 aliphatic carbocycles. The average molecular weight is 756 g/mol. The first kappa shape index (κ1) is 53.0. The highest BCUT2D eigenvalue weighted by Crippen LogP contribution is 2.34. The number of carbonyl (C=O) groups excluding carboxylic acids is 3. The van der Waals surface area contributed by atoms with Gasteiger partial charge in [-0.3, -0.25) is 4.79 Å². The molecule has 9 unspecified atom stereocenters. The molecule has 2 aliphatic rings. The third kappa shape index (κ3) is 17.0. The Bertz CT molecular complexity index is 971. The van der Waals surface area contributed by atoms with Crippen molar-refractivity contribution in [2.24, 2.45) is 5.92 Å². The number of rotatable bonds is 17. The van der Waals surface area contributed by atoms with Gasteiger partial charge in [-0.25, -0.2) is 4.79 Å². The molecule has 2 fully saturated rings. The van der Waals surface area contributed by atoms with Crippen LogP contribution in [-0.2, 0) is 42.7 Å². The number of carboxylic acids is 1. The van der Waals surface area contributed by atoms with Crippen LogP contribution < -0.4 is 15.7 Å². The van der Waals surface area contributed by atoms with Gasteiger partial charge < -0.3 is 84.3 Å². The predicted molar refractivity (Wildman–Crippen MR) is 184 cm³/mol. The van der Waals surface area contributed by atoms with Gasteiger partial charge in [0.15, 0.2) is 6.29 Å². The lowest BCUT2D eigenvalue weighted by molar-refractivity contribution is -0.387. The number of hydrogen-bond donors (Lipinski definition) is 8. The summed E-state index contributed by atoms with van der Waals surface area (Å²) >= 11 is 0. The van der Waals surface area contributed by atoms with Crippen LogP contribution in [0, 0.1) is 5.92 Å². The van der Waals surface area contributed by atoms with Crippen LogP contribution in [0.3, 0.4) is 0 Å². The van der Waals surface area contributed by atoms with Crippen LogP contribution in [0.25, 0.3) is 0 Å². The minimum atomic E-state index is -2.82. The van der Waals surface area contributed by atoms with Crippen LogP contribution in [0.15, 0.2) is 52.6 Å². The molecule has 2 rings (SSSR count). The Hall–Kier alpha value is -3.31. The van der Waals surface area contributed by atoms with Crippen molar-refractivity contribution >= 4 is 18.0 Å². The summed E-state index contributed by atoms with van der Waals surface area (Å²) in [4.78, 5) is 36.7. The molecule has 0 spiro atoms. The van der Waals surface area contributed by atoms with E-state index in [1.807, 2.05) is 0 Å². The topological polar surface area (TPSA) is 284 Å². The molecule has 2 amide bonds. The normalized spacial score (nSPS) is 28.8. The molecule has 52 heavy (non-hydrogen) atoms. The molecule has 0 aromatic carbocycles. The van der Waals surface area contributed by atoms with Crippen molar-refractivity contribution in [2.75, 3.05) is 60.4 Å². The van der Waals surface area contributed by atoms with Crippen molar-refractivity contribution in [1.29, 1.82) is 0 Å². The van der Waals surface area contributed by atoms with E-state index in [-0.39, 0.29) is 19.8 Å². The van der Waals surface area contributed by atoms with Gasteiger partial charge in [0.05, 0.1) is 51.3 Å². The summed E-state index contributed by atoms with van der Waals surface area (Å²) in [5, 5.41) is 78.4. The van der Waals surface area contributed by atoms with Gasteiger partial charge in [0.25, 0.3) is 0 Å². The van der Waals surface area contributed by atoms with Crippen LogP contribution in [0.1, 0.15) is 13.3 Å². The average Bonchev–Trinajstić information content (AvgIpc) is 3.17. The summed E-state index contributed by atoms with van der Waals surface area (Å²) in [6.07, 6.45) is -14.9. The van der Waals surface area contributed by atoms with Gasteiger partial charge in [0.2, 0.25) is 11.7 Å². The minimum Gasteiger partial charge on any atom is -0.544 e. The maximum atomic E-state index is 12.6. The fourth-order valence-electron chi connectivity index (χ4n) is 4.60. The van der Waals surface area contributed by atoms with E-state index >= 15 is 0 Å². The van der Waals surface area contributed by atoms with Crippen LogP contribution in [0.4, 0.5) is 4.79 Å². The lowest BCUT2D eigenvalue weighted by atomic mass is 9.88. The Balaban J connectivity index is -0.00000280. The van der Waals surface area contributed by atoms with Gasteiger partial charge in [-0.15, -0.1) is 52.6 Å². The zero-order valence-electron chi connectivity index (χ0n) is 30.3. The summed E-state index contributed by atoms with van der Waals surface area (Å²) in [6.45, 7) is 23.7. The zero-order chi connectivity index (χ0) is 41.0. The van der Waals surface area contributed by atoms with E-state index in [0.717, 1.165) is 0 Å². The van der Waals surface area contributed by atoms with Crippen molar-refractivity contribution in [2.45, 2.75) is 74.2 Å². The standard InChI is InChI=1S/C25H44N2O17.4C2H4/c1-12-18(32)20(34)15(43-22(12)39-3)11-42-25(23(35)36)8-13(29)17(21(44-25)19(33)14(30)10-28)27-16(31)9-26-24(37)41-7-6-40-5-4-38-2;4*1-2/h12-15,17-22,28-30,32-34H,4-11H2,1-3H3,(H,26,37)(H,27,31)(H,35,36);4*1-2H2/p-1/t12?,13?,14-,15?,17?,18?,19-,20?,21?,22?,25?;;;;/m1..../s1. The summed E-state index contributed by atoms with van der Waals surface area (Å²) < 4.78 is 36.4. The van der Waals surface area contributed by atoms with Crippen LogP contribution in [0.5, 0.6) is 0 Å². The van der Waals surface area contributed by atoms with Gasteiger partial charge >= 0.3 is 6.09 Å². The van der Waals surface area contributed by atoms with Crippen molar-refractivity contribution in [3.8, 4) is 0 Å². The van der Waals surface area contributed by atoms with Crippen LogP contribution in [0.2, 0.25) is 0 Å². The third-order valence-electron chi connectivity index (χ3n) is 7.14. The molecule has 8 N–H and O–H groups in total. The molecule has 2 saturated heterocycles. The van der Waals surface area contributed by atoms with Gasteiger partial charge in [0, 0.05) is 26.6 Å². The Kier molecular flexibility index (Phi) is 30.8. The Morgan fingerprint density at radius 3 is 2.04 bits per heavy atom. The van der Waals surface area contributed by atoms with E-state index < -0.39 is 111 Å². The van der Waals surface area contributed by atoms with E-state index in [4.69, 9.17) is 33.2 Å². The Labute approximate surface area is 305 Å². The second kappa shape index (κ2) is 30.2. The molecule has 2 heterocycles. The number of carboxylic acid groups (broad SMARTS) is 1. The highest BCUT2D eigenvalue weighted by molar-refractivity contribution is 5.82. The molecule has 19 nitrogen and oxygen atoms in total. The Morgan fingerprint density at radius 1 is 0.942 bits per heavy atom. The molecule has 11 atom stereocenters. The molecule has 0 radical (unpaired) electrons. The predicted octanol–water partition coefficient (Wildman–Crippen LogP) is -2.87. The zero-order valence-corrected chi connectivity index (χ0v) is 30.3. The third-order valence-corrected chi connectivity index (χ3v) is 7.14.